The fraction of sp³-hybridized carbons (Fsp3) is 0.0870. The number of thiocarbonyl (C=S) groups is 1. The first-order valence-corrected chi connectivity index (χ1v) is 11.4. The van der Waals surface area contributed by atoms with Crippen LogP contribution in [0.25, 0.3) is 0 Å². The highest BCUT2D eigenvalue weighted by Crippen LogP contribution is 2.31. The third-order valence-corrected chi connectivity index (χ3v) is 6.00. The molecule has 1 unspecified atom stereocenters. The zero-order chi connectivity index (χ0) is 23.5. The first kappa shape index (κ1) is 23.3. The van der Waals surface area contributed by atoms with Gasteiger partial charge in [-0.15, -0.1) is 0 Å². The van der Waals surface area contributed by atoms with Crippen LogP contribution in [0.4, 0.5) is 11.4 Å². The fourth-order valence-electron chi connectivity index (χ4n) is 3.33. The largest absolute Gasteiger partial charge is 0.332 e. The van der Waals surface area contributed by atoms with Crippen molar-refractivity contribution in [2.45, 2.75) is 6.17 Å². The molecular weight excluding hydrogens is 501 g/mol. The van der Waals surface area contributed by atoms with Gasteiger partial charge >= 0.3 is 0 Å². The highest BCUT2D eigenvalue weighted by Gasteiger charge is 2.31. The Kier molecular flexibility index (Phi) is 7.05. The lowest BCUT2D eigenvalue weighted by molar-refractivity contribution is -0.119. The van der Waals surface area contributed by atoms with Crippen molar-refractivity contribution >= 4 is 75.1 Å². The number of aliphatic imine (C=N–C) groups is 1. The molecule has 1 atom stereocenters. The average molecular weight is 519 g/mol. The molecule has 3 N–H and O–H groups in total. The van der Waals surface area contributed by atoms with Crippen LogP contribution in [-0.4, -0.2) is 29.9 Å². The molecule has 0 fully saturated rings. The number of hydrogen-bond acceptors (Lipinski definition) is 4. The summed E-state index contributed by atoms with van der Waals surface area (Å²) in [4.78, 5) is 19.5. The number of likely N-dealkylation sites (N-methyl/N-ethyl adjacent to an activating group) is 1. The van der Waals surface area contributed by atoms with Crippen LogP contribution in [0, 0.1) is 0 Å². The highest BCUT2D eigenvalue weighted by atomic mass is 35.5. The summed E-state index contributed by atoms with van der Waals surface area (Å²) in [5.41, 5.74) is 9.11. The van der Waals surface area contributed by atoms with Gasteiger partial charge in [-0.1, -0.05) is 53.0 Å². The summed E-state index contributed by atoms with van der Waals surface area (Å²) in [6.45, 7) is 0. The van der Waals surface area contributed by atoms with Crippen LogP contribution in [0.1, 0.15) is 11.1 Å². The lowest BCUT2D eigenvalue weighted by Gasteiger charge is -2.22. The van der Waals surface area contributed by atoms with Crippen LogP contribution in [0.5, 0.6) is 0 Å². The number of halogens is 3. The molecule has 1 aliphatic rings. The number of rotatable bonds is 4. The van der Waals surface area contributed by atoms with Crippen LogP contribution in [0.15, 0.2) is 71.7 Å². The topological polar surface area (TPSA) is 68.8 Å². The van der Waals surface area contributed by atoms with Gasteiger partial charge in [0.05, 0.1) is 17.1 Å². The van der Waals surface area contributed by atoms with E-state index in [2.05, 4.69) is 16.2 Å². The number of benzodiazepines with no additional fused rings is 1. The Morgan fingerprint density at radius 1 is 0.970 bits per heavy atom. The number of nitrogens with one attached hydrogen (secondary N) is 3. The molecule has 6 nitrogen and oxygen atoms in total. The van der Waals surface area contributed by atoms with E-state index in [1.807, 2.05) is 18.2 Å². The molecule has 3 aromatic carbocycles. The van der Waals surface area contributed by atoms with Gasteiger partial charge in [0, 0.05) is 33.2 Å². The van der Waals surface area contributed by atoms with E-state index in [9.17, 15) is 4.79 Å². The zero-order valence-corrected chi connectivity index (χ0v) is 20.4. The number of hydrazine groups is 1. The Bertz CT molecular complexity index is 1250. The van der Waals surface area contributed by atoms with Crippen LogP contribution in [0.3, 0.4) is 0 Å². The van der Waals surface area contributed by atoms with E-state index in [0.717, 1.165) is 5.69 Å². The third-order valence-electron chi connectivity index (χ3n) is 4.96. The lowest BCUT2D eigenvalue weighted by atomic mass is 10.00. The minimum Gasteiger partial charge on any atom is -0.332 e. The predicted octanol–water partition coefficient (Wildman–Crippen LogP) is 5.28. The summed E-state index contributed by atoms with van der Waals surface area (Å²) in [5.74, 6) is -0.295. The van der Waals surface area contributed by atoms with Crippen molar-refractivity contribution in [3.05, 3.63) is 92.9 Å². The normalized spacial score (nSPS) is 15.3. The Balaban J connectivity index is 1.66. The van der Waals surface area contributed by atoms with Gasteiger partial charge in [0.2, 0.25) is 6.17 Å². The Labute approximate surface area is 211 Å². The number of carbonyl (C=O) groups is 1. The first-order chi connectivity index (χ1) is 15.8. The molecule has 0 saturated heterocycles. The smallest absolute Gasteiger partial charge is 0.272 e. The predicted molar refractivity (Wildman–Crippen MR) is 140 cm³/mol. The minimum atomic E-state index is -1.00. The summed E-state index contributed by atoms with van der Waals surface area (Å²) >= 11 is 24.1. The zero-order valence-electron chi connectivity index (χ0n) is 17.3. The second-order valence-electron chi connectivity index (χ2n) is 7.15. The molecule has 0 saturated carbocycles. The van der Waals surface area contributed by atoms with Crippen molar-refractivity contribution in [1.82, 2.24) is 10.7 Å². The maximum Gasteiger partial charge on any atom is 0.272 e. The lowest BCUT2D eigenvalue weighted by Crippen LogP contribution is -2.50. The number of hydrogen-bond donors (Lipinski definition) is 3. The molecule has 0 spiro atoms. The molecular formula is C23H18Cl3N5OS. The molecule has 0 aromatic heterocycles. The van der Waals surface area contributed by atoms with Crippen molar-refractivity contribution in [3.63, 3.8) is 0 Å². The van der Waals surface area contributed by atoms with Gasteiger partial charge in [-0.2, -0.15) is 0 Å². The molecule has 1 amide bonds. The molecule has 0 radical (unpaired) electrons. The van der Waals surface area contributed by atoms with E-state index >= 15 is 0 Å². The molecule has 4 rings (SSSR count). The molecule has 3 aromatic rings. The first-order valence-electron chi connectivity index (χ1n) is 9.82. The quantitative estimate of drug-likeness (QED) is 0.324. The number of nitrogens with zero attached hydrogens (tertiary/aromatic N) is 2. The molecule has 0 aliphatic carbocycles. The van der Waals surface area contributed by atoms with Gasteiger partial charge in [-0.25, -0.2) is 4.99 Å². The van der Waals surface area contributed by atoms with Crippen molar-refractivity contribution in [2.24, 2.45) is 4.99 Å². The summed E-state index contributed by atoms with van der Waals surface area (Å²) in [7, 11) is 1.68. The summed E-state index contributed by atoms with van der Waals surface area (Å²) < 4.78 is 0. The van der Waals surface area contributed by atoms with Crippen molar-refractivity contribution < 1.29 is 4.79 Å². The van der Waals surface area contributed by atoms with E-state index in [1.54, 1.807) is 55.6 Å². The maximum absolute atomic E-state index is 13.3. The fourth-order valence-corrected chi connectivity index (χ4v) is 4.02. The van der Waals surface area contributed by atoms with Gasteiger partial charge in [0.25, 0.3) is 5.91 Å². The average Bonchev–Trinajstić information content (AvgIpc) is 2.89. The molecule has 10 heteroatoms. The number of amides is 1. The van der Waals surface area contributed by atoms with Gasteiger partial charge < -0.3 is 10.2 Å². The Hall–Kier alpha value is -2.84. The van der Waals surface area contributed by atoms with Crippen LogP contribution < -0.4 is 21.1 Å². The number of anilines is 2. The summed E-state index contributed by atoms with van der Waals surface area (Å²) in [6.07, 6.45) is -1.00. The van der Waals surface area contributed by atoms with Crippen LogP contribution >= 0.6 is 47.0 Å². The summed E-state index contributed by atoms with van der Waals surface area (Å²) in [6, 6.07) is 19.6. The van der Waals surface area contributed by atoms with E-state index in [1.165, 1.54) is 4.90 Å². The second kappa shape index (κ2) is 9.97. The second-order valence-corrected chi connectivity index (χ2v) is 8.84. The molecule has 0 bridgehead atoms. The number of fused-ring (bicyclic) bond motifs is 1. The van der Waals surface area contributed by atoms with E-state index in [0.29, 0.717) is 37.6 Å². The molecule has 1 heterocycles. The van der Waals surface area contributed by atoms with Gasteiger partial charge in [0.15, 0.2) is 5.11 Å². The van der Waals surface area contributed by atoms with Crippen molar-refractivity contribution in [3.8, 4) is 0 Å². The SMILES string of the molecule is CN1C(=O)C(NC(=S)NNc2ccc(Cl)cc2)N=C(c2ccccc2Cl)c2cc(Cl)ccc21. The van der Waals surface area contributed by atoms with E-state index < -0.39 is 6.17 Å². The summed E-state index contributed by atoms with van der Waals surface area (Å²) in [5, 5.41) is 4.79. The molecule has 33 heavy (non-hydrogen) atoms. The highest BCUT2D eigenvalue weighted by molar-refractivity contribution is 7.80. The van der Waals surface area contributed by atoms with E-state index in [-0.39, 0.29) is 11.0 Å². The van der Waals surface area contributed by atoms with Crippen LogP contribution in [0.2, 0.25) is 15.1 Å². The van der Waals surface area contributed by atoms with E-state index in [4.69, 9.17) is 52.0 Å². The number of carbonyl (C=O) groups excluding carboxylic acids is 1. The van der Waals surface area contributed by atoms with Crippen molar-refractivity contribution in [1.29, 1.82) is 0 Å². The maximum atomic E-state index is 13.3. The van der Waals surface area contributed by atoms with Crippen LogP contribution in [-0.2, 0) is 4.79 Å². The molecule has 168 valence electrons. The van der Waals surface area contributed by atoms with Gasteiger partial charge in [-0.3, -0.25) is 15.6 Å². The molecule has 1 aliphatic heterocycles. The Morgan fingerprint density at radius 3 is 2.39 bits per heavy atom. The minimum absolute atomic E-state index is 0.183. The van der Waals surface area contributed by atoms with Gasteiger partial charge in [0.1, 0.15) is 0 Å². The van der Waals surface area contributed by atoms with Gasteiger partial charge in [-0.05, 0) is 60.7 Å². The Morgan fingerprint density at radius 2 is 1.67 bits per heavy atom. The standard InChI is InChI=1S/C23H18Cl3N5OS/c1-31-19-11-8-14(25)12-17(19)20(16-4-2-3-5-18(16)26)27-21(22(31)32)28-23(33)30-29-15-9-6-13(24)7-10-15/h2-12,21,29H,1H3,(H2,28,30,33). The van der Waals surface area contributed by atoms with Crippen molar-refractivity contribution in [2.75, 3.05) is 17.4 Å². The number of benzene rings is 3. The third kappa shape index (κ3) is 5.23. The monoisotopic (exact) mass is 517 g/mol.